The summed E-state index contributed by atoms with van der Waals surface area (Å²) in [5.41, 5.74) is 6.97. The molecule has 0 bridgehead atoms. The number of hydrazone groups is 1. The molecule has 1 N–H and O–H groups in total. The average Bonchev–Trinajstić information content (AvgIpc) is 2.56. The minimum absolute atomic E-state index is 0.0649. The molecule has 0 aliphatic carbocycles. The first-order valence-corrected chi connectivity index (χ1v) is 8.39. The summed E-state index contributed by atoms with van der Waals surface area (Å²) in [7, 11) is 0. The molecule has 0 fully saturated rings. The first-order valence-electron chi connectivity index (χ1n) is 8.39. The van der Waals surface area contributed by atoms with Crippen LogP contribution in [0.1, 0.15) is 43.0 Å². The summed E-state index contributed by atoms with van der Waals surface area (Å²) in [5.74, 6) is 0.431. The second-order valence-corrected chi connectivity index (χ2v) is 7.15. The van der Waals surface area contributed by atoms with Crippen LogP contribution in [0.5, 0.6) is 5.75 Å². The number of ether oxygens (including phenoxy) is 1. The zero-order valence-electron chi connectivity index (χ0n) is 15.6. The van der Waals surface area contributed by atoms with Crippen molar-refractivity contribution in [3.8, 4) is 5.75 Å². The molecule has 0 aliphatic rings. The normalized spacial score (nSPS) is 11.6. The van der Waals surface area contributed by atoms with Crippen LogP contribution in [0.25, 0.3) is 0 Å². The number of carbonyl (C=O) groups excluding carboxylic acids is 1. The number of hydrogen-bond acceptors (Lipinski definition) is 3. The van der Waals surface area contributed by atoms with E-state index < -0.39 is 0 Å². The Morgan fingerprint density at radius 2 is 1.80 bits per heavy atom. The van der Waals surface area contributed by atoms with E-state index in [1.165, 1.54) is 5.56 Å². The Labute approximate surface area is 149 Å². The number of benzene rings is 2. The molecule has 0 atom stereocenters. The third kappa shape index (κ3) is 5.45. The Morgan fingerprint density at radius 3 is 2.44 bits per heavy atom. The zero-order valence-corrected chi connectivity index (χ0v) is 15.6. The van der Waals surface area contributed by atoms with Crippen LogP contribution in [0.4, 0.5) is 0 Å². The fourth-order valence-corrected chi connectivity index (χ4v) is 2.30. The topological polar surface area (TPSA) is 50.7 Å². The van der Waals surface area contributed by atoms with E-state index in [4.69, 9.17) is 4.74 Å². The van der Waals surface area contributed by atoms with Crippen molar-refractivity contribution >= 4 is 12.1 Å². The van der Waals surface area contributed by atoms with Crippen LogP contribution < -0.4 is 10.2 Å². The molecular formula is C21H26N2O2. The van der Waals surface area contributed by atoms with Gasteiger partial charge >= 0.3 is 0 Å². The lowest BCUT2D eigenvalue weighted by Crippen LogP contribution is -2.24. The monoisotopic (exact) mass is 338 g/mol. The van der Waals surface area contributed by atoms with Crippen LogP contribution in [0.3, 0.4) is 0 Å². The molecule has 0 radical (unpaired) electrons. The molecule has 0 saturated heterocycles. The predicted octanol–water partition coefficient (Wildman–Crippen LogP) is 4.13. The van der Waals surface area contributed by atoms with Gasteiger partial charge in [0.1, 0.15) is 5.75 Å². The van der Waals surface area contributed by atoms with E-state index in [9.17, 15) is 4.79 Å². The van der Waals surface area contributed by atoms with Crippen molar-refractivity contribution in [1.82, 2.24) is 5.43 Å². The third-order valence-electron chi connectivity index (χ3n) is 4.09. The molecule has 0 aliphatic heterocycles. The summed E-state index contributed by atoms with van der Waals surface area (Å²) in [6.07, 6.45) is 1.63. The van der Waals surface area contributed by atoms with E-state index in [0.717, 1.165) is 22.4 Å². The van der Waals surface area contributed by atoms with Gasteiger partial charge in [-0.3, -0.25) is 4.79 Å². The summed E-state index contributed by atoms with van der Waals surface area (Å²) in [6.45, 7) is 10.4. The zero-order chi connectivity index (χ0) is 18.4. The number of nitrogens with one attached hydrogen (secondary N) is 1. The molecule has 0 spiro atoms. The van der Waals surface area contributed by atoms with Crippen LogP contribution in [-0.4, -0.2) is 18.7 Å². The summed E-state index contributed by atoms with van der Waals surface area (Å²) in [5, 5.41) is 3.98. The van der Waals surface area contributed by atoms with Crippen LogP contribution in [-0.2, 0) is 10.2 Å². The molecule has 2 aromatic carbocycles. The average molecular weight is 338 g/mol. The van der Waals surface area contributed by atoms with E-state index in [2.05, 4.69) is 43.4 Å². The largest absolute Gasteiger partial charge is 0.483 e. The quantitative estimate of drug-likeness (QED) is 0.658. The van der Waals surface area contributed by atoms with Gasteiger partial charge in [0.25, 0.3) is 5.91 Å². The van der Waals surface area contributed by atoms with Crippen LogP contribution in [0.2, 0.25) is 0 Å². The summed E-state index contributed by atoms with van der Waals surface area (Å²) in [6, 6.07) is 13.9. The van der Waals surface area contributed by atoms with Crippen molar-refractivity contribution in [3.05, 3.63) is 64.7 Å². The van der Waals surface area contributed by atoms with E-state index in [1.807, 2.05) is 44.2 Å². The van der Waals surface area contributed by atoms with Gasteiger partial charge in [-0.15, -0.1) is 0 Å². The Balaban J connectivity index is 1.85. The van der Waals surface area contributed by atoms with E-state index in [1.54, 1.807) is 6.21 Å². The highest BCUT2D eigenvalue weighted by atomic mass is 16.5. The minimum atomic E-state index is -0.288. The van der Waals surface area contributed by atoms with Crippen LogP contribution in [0.15, 0.2) is 47.6 Å². The predicted molar refractivity (Wildman–Crippen MR) is 102 cm³/mol. The van der Waals surface area contributed by atoms with Gasteiger partial charge in [-0.05, 0) is 47.6 Å². The molecule has 4 heteroatoms. The van der Waals surface area contributed by atoms with Crippen molar-refractivity contribution in [1.29, 1.82) is 0 Å². The molecule has 0 unspecified atom stereocenters. The van der Waals surface area contributed by atoms with Gasteiger partial charge in [-0.1, -0.05) is 57.2 Å². The Morgan fingerprint density at radius 1 is 1.12 bits per heavy atom. The smallest absolute Gasteiger partial charge is 0.277 e. The fraction of sp³-hybridized carbons (Fsp3) is 0.333. The van der Waals surface area contributed by atoms with Crippen molar-refractivity contribution in [2.45, 2.75) is 40.0 Å². The van der Waals surface area contributed by atoms with Gasteiger partial charge in [0, 0.05) is 0 Å². The molecule has 1 amide bonds. The Bertz CT molecular complexity index is 756. The lowest BCUT2D eigenvalue weighted by molar-refractivity contribution is -0.123. The maximum Gasteiger partial charge on any atom is 0.277 e. The van der Waals surface area contributed by atoms with E-state index in [0.29, 0.717) is 0 Å². The van der Waals surface area contributed by atoms with Gasteiger partial charge in [0.05, 0.1) is 6.21 Å². The first kappa shape index (κ1) is 18.7. The number of rotatable bonds is 5. The molecule has 0 saturated carbocycles. The number of nitrogens with zero attached hydrogens (tertiary/aromatic N) is 1. The molecule has 2 aromatic rings. The van der Waals surface area contributed by atoms with E-state index >= 15 is 0 Å². The van der Waals surface area contributed by atoms with Crippen LogP contribution >= 0.6 is 0 Å². The SMILES string of the molecule is Cc1cccc(OCC(=O)N/N=C\c2ccc(C(C)(C)C)cc2)c1C. The molecule has 4 nitrogen and oxygen atoms in total. The second-order valence-electron chi connectivity index (χ2n) is 7.15. The lowest BCUT2D eigenvalue weighted by atomic mass is 9.87. The minimum Gasteiger partial charge on any atom is -0.483 e. The standard InChI is InChI=1S/C21H26N2O2/c1-15-7-6-8-19(16(15)2)25-14-20(24)23-22-13-17-9-11-18(12-10-17)21(3,4)5/h6-13H,14H2,1-5H3,(H,23,24)/b22-13-. The molecular weight excluding hydrogens is 312 g/mol. The van der Waals surface area contributed by atoms with Crippen molar-refractivity contribution in [2.24, 2.45) is 5.10 Å². The Hall–Kier alpha value is -2.62. The maximum atomic E-state index is 11.8. The lowest BCUT2D eigenvalue weighted by Gasteiger charge is -2.18. The number of carbonyl (C=O) groups is 1. The van der Waals surface area contributed by atoms with Crippen LogP contribution in [0, 0.1) is 13.8 Å². The van der Waals surface area contributed by atoms with Gasteiger partial charge in [0.2, 0.25) is 0 Å². The highest BCUT2D eigenvalue weighted by molar-refractivity contribution is 5.83. The van der Waals surface area contributed by atoms with Crippen molar-refractivity contribution < 1.29 is 9.53 Å². The van der Waals surface area contributed by atoms with Crippen molar-refractivity contribution in [3.63, 3.8) is 0 Å². The summed E-state index contributed by atoms with van der Waals surface area (Å²) in [4.78, 5) is 11.8. The number of amides is 1. The van der Waals surface area contributed by atoms with Gasteiger partial charge in [-0.25, -0.2) is 5.43 Å². The third-order valence-corrected chi connectivity index (χ3v) is 4.09. The first-order chi connectivity index (χ1) is 11.8. The fourth-order valence-electron chi connectivity index (χ4n) is 2.30. The van der Waals surface area contributed by atoms with E-state index in [-0.39, 0.29) is 17.9 Å². The number of aryl methyl sites for hydroxylation is 1. The second kappa shape index (κ2) is 7.97. The Kier molecular flexibility index (Phi) is 5.97. The van der Waals surface area contributed by atoms with Gasteiger partial charge < -0.3 is 4.74 Å². The number of hydrogen-bond donors (Lipinski definition) is 1. The highest BCUT2D eigenvalue weighted by Crippen LogP contribution is 2.22. The molecule has 25 heavy (non-hydrogen) atoms. The highest BCUT2D eigenvalue weighted by Gasteiger charge is 2.12. The molecule has 0 aromatic heterocycles. The molecule has 0 heterocycles. The van der Waals surface area contributed by atoms with Gasteiger partial charge in [0.15, 0.2) is 6.61 Å². The van der Waals surface area contributed by atoms with Crippen molar-refractivity contribution in [2.75, 3.05) is 6.61 Å². The molecule has 2 rings (SSSR count). The molecule has 132 valence electrons. The summed E-state index contributed by atoms with van der Waals surface area (Å²) < 4.78 is 5.55. The maximum absolute atomic E-state index is 11.8. The summed E-state index contributed by atoms with van der Waals surface area (Å²) >= 11 is 0. The van der Waals surface area contributed by atoms with Gasteiger partial charge in [-0.2, -0.15) is 5.10 Å².